The predicted octanol–water partition coefficient (Wildman–Crippen LogP) is 4.11. The first-order valence-electron chi connectivity index (χ1n) is 7.51. The Morgan fingerprint density at radius 3 is 2.50 bits per heavy atom. The van der Waals surface area contributed by atoms with Gasteiger partial charge in [0.1, 0.15) is 5.75 Å². The molecule has 2 N–H and O–H groups in total. The molecule has 0 radical (unpaired) electrons. The molecule has 0 atom stereocenters. The highest BCUT2D eigenvalue weighted by Crippen LogP contribution is 2.14. The Morgan fingerprint density at radius 1 is 1.09 bits per heavy atom. The first-order valence-corrected chi connectivity index (χ1v) is 7.51. The van der Waals surface area contributed by atoms with Gasteiger partial charge in [-0.15, -0.1) is 0 Å². The number of carbonyl (C=O) groups excluding carboxylic acids is 1. The monoisotopic (exact) mass is 298 g/mol. The minimum atomic E-state index is -0.281. The van der Waals surface area contributed by atoms with E-state index in [4.69, 9.17) is 4.74 Å². The van der Waals surface area contributed by atoms with Crippen LogP contribution in [0.1, 0.15) is 24.5 Å². The lowest BCUT2D eigenvalue weighted by atomic mass is 10.1. The molecule has 0 aromatic heterocycles. The second-order valence-electron chi connectivity index (χ2n) is 5.13. The fourth-order valence-electron chi connectivity index (χ4n) is 2.11. The Labute approximate surface area is 131 Å². The average molecular weight is 298 g/mol. The van der Waals surface area contributed by atoms with E-state index < -0.39 is 0 Å². The van der Waals surface area contributed by atoms with Gasteiger partial charge in [-0.05, 0) is 42.7 Å². The summed E-state index contributed by atoms with van der Waals surface area (Å²) in [4.78, 5) is 11.8. The molecule has 0 fully saturated rings. The lowest BCUT2D eigenvalue weighted by Gasteiger charge is -2.11. The molecule has 4 nitrogen and oxygen atoms in total. The van der Waals surface area contributed by atoms with Crippen LogP contribution in [-0.2, 0) is 6.42 Å². The van der Waals surface area contributed by atoms with Crippen molar-refractivity contribution in [1.82, 2.24) is 5.32 Å². The molecule has 0 spiro atoms. The number of urea groups is 1. The molecule has 2 amide bonds. The molecular weight excluding hydrogens is 276 g/mol. The number of rotatable bonds is 6. The van der Waals surface area contributed by atoms with Gasteiger partial charge in [-0.3, -0.25) is 0 Å². The summed E-state index contributed by atoms with van der Waals surface area (Å²) < 4.78 is 5.51. The molecule has 0 saturated carbocycles. The van der Waals surface area contributed by atoms with Crippen LogP contribution in [-0.4, -0.2) is 12.8 Å². The topological polar surface area (TPSA) is 50.4 Å². The van der Waals surface area contributed by atoms with Gasteiger partial charge in [0.05, 0.1) is 0 Å². The van der Waals surface area contributed by atoms with Crippen molar-refractivity contribution in [1.29, 1.82) is 0 Å². The second kappa shape index (κ2) is 8.08. The van der Waals surface area contributed by atoms with Gasteiger partial charge >= 0.3 is 6.03 Å². The van der Waals surface area contributed by atoms with Crippen molar-refractivity contribution >= 4 is 11.7 Å². The summed E-state index contributed by atoms with van der Waals surface area (Å²) >= 11 is 0. The number of hydrogen-bond donors (Lipinski definition) is 2. The predicted molar refractivity (Wildman–Crippen MR) is 89.3 cm³/mol. The first kappa shape index (κ1) is 15.9. The van der Waals surface area contributed by atoms with Gasteiger partial charge < -0.3 is 15.4 Å². The lowest BCUT2D eigenvalue weighted by Crippen LogP contribution is -2.32. The van der Waals surface area contributed by atoms with Crippen LogP contribution in [0.5, 0.6) is 5.75 Å². The Kier molecular flexibility index (Phi) is 5.83. The number of nitrogens with one attached hydrogen (secondary N) is 2. The van der Waals surface area contributed by atoms with E-state index in [2.05, 4.69) is 17.6 Å². The number of ether oxygens (including phenoxy) is 1. The van der Waals surface area contributed by atoms with E-state index >= 15 is 0 Å². The number of para-hydroxylation sites is 1. The van der Waals surface area contributed by atoms with E-state index in [0.717, 1.165) is 29.8 Å². The molecule has 2 rings (SSSR count). The molecule has 0 aliphatic heterocycles. The SMILES string of the molecule is CCCc1ccc(OCNC(=O)Nc2ccccc2C)cc1. The van der Waals surface area contributed by atoms with E-state index in [1.165, 1.54) is 5.56 Å². The number of benzene rings is 2. The maximum absolute atomic E-state index is 11.8. The van der Waals surface area contributed by atoms with Gasteiger partial charge in [-0.25, -0.2) is 4.79 Å². The first-order chi connectivity index (χ1) is 10.7. The van der Waals surface area contributed by atoms with Gasteiger partial charge in [0.25, 0.3) is 0 Å². The van der Waals surface area contributed by atoms with Crippen molar-refractivity contribution in [3.63, 3.8) is 0 Å². The zero-order valence-corrected chi connectivity index (χ0v) is 13.1. The van der Waals surface area contributed by atoms with Crippen LogP contribution < -0.4 is 15.4 Å². The molecular formula is C18H22N2O2. The number of aryl methyl sites for hydroxylation is 2. The standard InChI is InChI=1S/C18H22N2O2/c1-3-6-15-9-11-16(12-10-15)22-13-19-18(21)20-17-8-5-4-7-14(17)2/h4-5,7-12H,3,6,13H2,1-2H3,(H2,19,20,21). The summed E-state index contributed by atoms with van der Waals surface area (Å²) in [5, 5.41) is 5.47. The largest absolute Gasteiger partial charge is 0.473 e. The molecule has 0 heterocycles. The minimum Gasteiger partial charge on any atom is -0.473 e. The van der Waals surface area contributed by atoms with Crippen molar-refractivity contribution in [2.75, 3.05) is 12.0 Å². The fraction of sp³-hybridized carbons (Fsp3) is 0.278. The molecule has 22 heavy (non-hydrogen) atoms. The Balaban J connectivity index is 1.76. The Bertz CT molecular complexity index is 609. The highest BCUT2D eigenvalue weighted by molar-refractivity contribution is 5.89. The molecule has 116 valence electrons. The number of hydrogen-bond acceptors (Lipinski definition) is 2. The zero-order chi connectivity index (χ0) is 15.8. The summed E-state index contributed by atoms with van der Waals surface area (Å²) in [6.45, 7) is 4.23. The van der Waals surface area contributed by atoms with Crippen LogP contribution in [0.25, 0.3) is 0 Å². The van der Waals surface area contributed by atoms with Crippen LogP contribution >= 0.6 is 0 Å². The van der Waals surface area contributed by atoms with Crippen molar-refractivity contribution in [3.05, 3.63) is 59.7 Å². The number of anilines is 1. The molecule has 0 unspecified atom stereocenters. The molecule has 0 aliphatic rings. The van der Waals surface area contributed by atoms with E-state index in [-0.39, 0.29) is 12.8 Å². The van der Waals surface area contributed by atoms with E-state index in [9.17, 15) is 4.79 Å². The third-order valence-corrected chi connectivity index (χ3v) is 3.33. The van der Waals surface area contributed by atoms with E-state index in [1.54, 1.807) is 0 Å². The minimum absolute atomic E-state index is 0.130. The fourth-order valence-corrected chi connectivity index (χ4v) is 2.11. The quantitative estimate of drug-likeness (QED) is 0.789. The van der Waals surface area contributed by atoms with Crippen LogP contribution in [0, 0.1) is 6.92 Å². The summed E-state index contributed by atoms with van der Waals surface area (Å²) in [5.41, 5.74) is 3.11. The number of amides is 2. The smallest absolute Gasteiger partial charge is 0.321 e. The summed E-state index contributed by atoms with van der Waals surface area (Å²) in [5.74, 6) is 0.746. The van der Waals surface area contributed by atoms with Gasteiger partial charge in [-0.2, -0.15) is 0 Å². The normalized spacial score (nSPS) is 10.1. The summed E-state index contributed by atoms with van der Waals surface area (Å²) in [6.07, 6.45) is 2.19. The van der Waals surface area contributed by atoms with Crippen LogP contribution in [0.3, 0.4) is 0 Å². The van der Waals surface area contributed by atoms with Gasteiger partial charge in [0, 0.05) is 5.69 Å². The molecule has 0 bridgehead atoms. The van der Waals surface area contributed by atoms with Crippen molar-refractivity contribution in [3.8, 4) is 5.75 Å². The van der Waals surface area contributed by atoms with Crippen molar-refractivity contribution in [2.24, 2.45) is 0 Å². The second-order valence-corrected chi connectivity index (χ2v) is 5.13. The molecule has 0 saturated heterocycles. The lowest BCUT2D eigenvalue weighted by molar-refractivity contribution is 0.234. The highest BCUT2D eigenvalue weighted by atomic mass is 16.5. The third-order valence-electron chi connectivity index (χ3n) is 3.33. The van der Waals surface area contributed by atoms with Gasteiger partial charge in [0.15, 0.2) is 6.73 Å². The van der Waals surface area contributed by atoms with Crippen molar-refractivity contribution in [2.45, 2.75) is 26.7 Å². The van der Waals surface area contributed by atoms with Crippen molar-refractivity contribution < 1.29 is 9.53 Å². The molecule has 4 heteroatoms. The summed E-state index contributed by atoms with van der Waals surface area (Å²) in [6, 6.07) is 15.3. The Morgan fingerprint density at radius 2 is 1.82 bits per heavy atom. The van der Waals surface area contributed by atoms with E-state index in [1.807, 2.05) is 55.5 Å². The molecule has 2 aromatic carbocycles. The summed E-state index contributed by atoms with van der Waals surface area (Å²) in [7, 11) is 0. The molecule has 2 aromatic rings. The van der Waals surface area contributed by atoms with E-state index in [0.29, 0.717) is 0 Å². The number of carbonyl (C=O) groups is 1. The van der Waals surface area contributed by atoms with Gasteiger partial charge in [0.2, 0.25) is 0 Å². The Hall–Kier alpha value is -2.49. The molecule has 0 aliphatic carbocycles. The maximum atomic E-state index is 11.8. The van der Waals surface area contributed by atoms with Crippen LogP contribution in [0.4, 0.5) is 10.5 Å². The van der Waals surface area contributed by atoms with Crippen LogP contribution in [0.2, 0.25) is 0 Å². The van der Waals surface area contributed by atoms with Gasteiger partial charge in [-0.1, -0.05) is 43.7 Å². The third kappa shape index (κ3) is 4.81. The highest BCUT2D eigenvalue weighted by Gasteiger charge is 2.03. The van der Waals surface area contributed by atoms with Crippen LogP contribution in [0.15, 0.2) is 48.5 Å². The zero-order valence-electron chi connectivity index (χ0n) is 13.1. The maximum Gasteiger partial charge on any atom is 0.321 e. The average Bonchev–Trinajstić information content (AvgIpc) is 2.52.